The maximum atomic E-state index is 11.7. The molecule has 15 heavy (non-hydrogen) atoms. The van der Waals surface area contributed by atoms with E-state index in [2.05, 4.69) is 0 Å². The van der Waals surface area contributed by atoms with Crippen molar-refractivity contribution in [2.24, 2.45) is 0 Å². The molecule has 0 spiro atoms. The second-order valence-corrected chi connectivity index (χ2v) is 6.27. The molecule has 0 bridgehead atoms. The normalized spacial score (nSPS) is 20.0. The van der Waals surface area contributed by atoms with Gasteiger partial charge in [-0.3, -0.25) is 4.79 Å². The zero-order chi connectivity index (χ0) is 11.5. The molecule has 1 amide bonds. The second kappa shape index (κ2) is 5.14. The molecular weight excluding hydrogens is 242 g/mol. The Kier molecular flexibility index (Phi) is 4.36. The smallest absolute Gasteiger partial charge is 0.256 e. The van der Waals surface area contributed by atoms with Gasteiger partial charge in [-0.1, -0.05) is 18.5 Å². The molecule has 1 unspecified atom stereocenters. The van der Waals surface area contributed by atoms with E-state index >= 15 is 0 Å². The van der Waals surface area contributed by atoms with Gasteiger partial charge < -0.3 is 9.64 Å². The van der Waals surface area contributed by atoms with Crippen molar-refractivity contribution in [3.63, 3.8) is 0 Å². The molecule has 88 valence electrons. The molecule has 1 fully saturated rings. The first kappa shape index (κ1) is 12.7. The van der Waals surface area contributed by atoms with E-state index in [9.17, 15) is 13.2 Å². The van der Waals surface area contributed by atoms with Gasteiger partial charge in [0, 0.05) is 18.8 Å². The highest BCUT2D eigenvalue weighted by Crippen LogP contribution is 2.12. The van der Waals surface area contributed by atoms with Crippen molar-refractivity contribution in [2.45, 2.75) is 11.6 Å². The molecule has 1 aliphatic heterocycles. The maximum absolute atomic E-state index is 11.7. The number of rotatable bonds is 3. The van der Waals surface area contributed by atoms with Crippen LogP contribution < -0.4 is 0 Å². The average Bonchev–Trinajstić information content (AvgIpc) is 2.28. The molecule has 1 atom stereocenters. The van der Waals surface area contributed by atoms with Crippen molar-refractivity contribution >= 4 is 27.3 Å². The second-order valence-electron chi connectivity index (χ2n) is 3.21. The Morgan fingerprint density at radius 3 is 2.47 bits per heavy atom. The number of ether oxygens (including phenoxy) is 1. The Bertz CT molecular complexity index is 324. The first-order valence-corrected chi connectivity index (χ1v) is 6.86. The fraction of sp³-hybridized carbons (Fsp3) is 0.875. The molecule has 1 rings (SSSR count). The van der Waals surface area contributed by atoms with Crippen LogP contribution in [0.3, 0.4) is 0 Å². The third-order valence-corrected chi connectivity index (χ3v) is 4.87. The van der Waals surface area contributed by atoms with Gasteiger partial charge in [-0.15, -0.1) is 0 Å². The van der Waals surface area contributed by atoms with Crippen molar-refractivity contribution in [1.82, 2.24) is 4.90 Å². The number of hydrogen-bond donors (Lipinski definition) is 0. The Hall–Kier alpha value is -0.330. The lowest BCUT2D eigenvalue weighted by Crippen LogP contribution is -2.46. The van der Waals surface area contributed by atoms with Crippen molar-refractivity contribution in [1.29, 1.82) is 0 Å². The maximum Gasteiger partial charge on any atom is 0.256 e. The standard InChI is InChI=1S/C8H14ClNO4S/c1-2-15(12,13)7(9)8(11)10-3-5-14-6-4-10/h7H,2-6H2,1H3. The van der Waals surface area contributed by atoms with Gasteiger partial charge in [0.25, 0.3) is 5.91 Å². The molecule has 1 aliphatic rings. The molecule has 1 heterocycles. The largest absolute Gasteiger partial charge is 0.378 e. The van der Waals surface area contributed by atoms with Crippen LogP contribution in [0.1, 0.15) is 6.92 Å². The van der Waals surface area contributed by atoms with Gasteiger partial charge in [-0.25, -0.2) is 8.42 Å². The van der Waals surface area contributed by atoms with Crippen LogP contribution in [0.4, 0.5) is 0 Å². The third-order valence-electron chi connectivity index (χ3n) is 2.23. The Morgan fingerprint density at radius 2 is 2.00 bits per heavy atom. The molecule has 7 heteroatoms. The molecule has 0 aromatic rings. The van der Waals surface area contributed by atoms with Gasteiger partial charge in [0.2, 0.25) is 4.71 Å². The van der Waals surface area contributed by atoms with Gasteiger partial charge in [-0.05, 0) is 0 Å². The summed E-state index contributed by atoms with van der Waals surface area (Å²) in [5, 5.41) is 0. The fourth-order valence-electron chi connectivity index (χ4n) is 1.23. The van der Waals surface area contributed by atoms with E-state index in [0.717, 1.165) is 0 Å². The fourth-order valence-corrected chi connectivity index (χ4v) is 2.49. The summed E-state index contributed by atoms with van der Waals surface area (Å²) in [5.41, 5.74) is 0. The van der Waals surface area contributed by atoms with Crippen molar-refractivity contribution in [3.05, 3.63) is 0 Å². The topological polar surface area (TPSA) is 63.7 Å². The van der Waals surface area contributed by atoms with Crippen molar-refractivity contribution < 1.29 is 17.9 Å². The van der Waals surface area contributed by atoms with Crippen LogP contribution in [-0.4, -0.2) is 56.0 Å². The Morgan fingerprint density at radius 1 is 1.47 bits per heavy atom. The lowest BCUT2D eigenvalue weighted by atomic mass is 10.4. The van der Waals surface area contributed by atoms with Gasteiger partial charge in [0.15, 0.2) is 9.84 Å². The zero-order valence-electron chi connectivity index (χ0n) is 8.48. The van der Waals surface area contributed by atoms with Crippen LogP contribution in [-0.2, 0) is 19.4 Å². The number of carbonyl (C=O) groups is 1. The molecule has 1 saturated heterocycles. The molecular formula is C8H14ClNO4S. The van der Waals surface area contributed by atoms with Crippen LogP contribution in [0, 0.1) is 0 Å². The Labute approximate surface area is 94.3 Å². The van der Waals surface area contributed by atoms with Gasteiger partial charge >= 0.3 is 0 Å². The van der Waals surface area contributed by atoms with Gasteiger partial charge in [0.05, 0.1) is 13.2 Å². The number of sulfone groups is 1. The number of halogens is 1. The van der Waals surface area contributed by atoms with E-state index in [1.807, 2.05) is 0 Å². The minimum atomic E-state index is -3.51. The van der Waals surface area contributed by atoms with Crippen molar-refractivity contribution in [2.75, 3.05) is 32.1 Å². The molecule has 0 aliphatic carbocycles. The SMILES string of the molecule is CCS(=O)(=O)C(Cl)C(=O)N1CCOCC1. The predicted octanol–water partition coefficient (Wildman–Crippen LogP) is -0.155. The summed E-state index contributed by atoms with van der Waals surface area (Å²) in [4.78, 5) is 13.1. The monoisotopic (exact) mass is 255 g/mol. The lowest BCUT2D eigenvalue weighted by molar-refractivity contribution is -0.133. The summed E-state index contributed by atoms with van der Waals surface area (Å²) in [7, 11) is -3.51. The number of morpholine rings is 1. The van der Waals surface area contributed by atoms with E-state index in [-0.39, 0.29) is 5.75 Å². The molecule has 0 aromatic carbocycles. The zero-order valence-corrected chi connectivity index (χ0v) is 10.1. The quantitative estimate of drug-likeness (QED) is 0.658. The van der Waals surface area contributed by atoms with E-state index in [1.54, 1.807) is 0 Å². The van der Waals surface area contributed by atoms with E-state index in [4.69, 9.17) is 16.3 Å². The predicted molar refractivity (Wildman–Crippen MR) is 56.5 cm³/mol. The van der Waals surface area contributed by atoms with E-state index < -0.39 is 20.5 Å². The van der Waals surface area contributed by atoms with Gasteiger partial charge in [0.1, 0.15) is 0 Å². The molecule has 5 nitrogen and oxygen atoms in total. The Balaban J connectivity index is 2.67. The molecule has 0 saturated carbocycles. The highest BCUT2D eigenvalue weighted by molar-refractivity contribution is 7.94. The van der Waals surface area contributed by atoms with E-state index in [0.29, 0.717) is 26.3 Å². The number of hydrogen-bond acceptors (Lipinski definition) is 4. The third kappa shape index (κ3) is 3.06. The number of amides is 1. The average molecular weight is 256 g/mol. The summed E-state index contributed by atoms with van der Waals surface area (Å²) in [6.07, 6.45) is 0. The van der Waals surface area contributed by atoms with Crippen LogP contribution in [0.25, 0.3) is 0 Å². The van der Waals surface area contributed by atoms with Crippen LogP contribution in [0.15, 0.2) is 0 Å². The minimum absolute atomic E-state index is 0.128. The minimum Gasteiger partial charge on any atom is -0.378 e. The van der Waals surface area contributed by atoms with Crippen LogP contribution >= 0.6 is 11.6 Å². The van der Waals surface area contributed by atoms with E-state index in [1.165, 1.54) is 11.8 Å². The highest BCUT2D eigenvalue weighted by Gasteiger charge is 2.33. The summed E-state index contributed by atoms with van der Waals surface area (Å²) >= 11 is 5.64. The summed E-state index contributed by atoms with van der Waals surface area (Å²) < 4.78 is 26.3. The summed E-state index contributed by atoms with van der Waals surface area (Å²) in [5.74, 6) is -0.668. The van der Waals surface area contributed by atoms with Crippen LogP contribution in [0.5, 0.6) is 0 Å². The summed E-state index contributed by atoms with van der Waals surface area (Å²) in [6.45, 7) is 3.14. The number of carbonyl (C=O) groups excluding carboxylic acids is 1. The number of alkyl halides is 1. The number of nitrogens with zero attached hydrogens (tertiary/aromatic N) is 1. The molecule has 0 aromatic heterocycles. The first-order chi connectivity index (χ1) is 6.99. The van der Waals surface area contributed by atoms with Crippen LogP contribution in [0.2, 0.25) is 0 Å². The summed E-state index contributed by atoms with van der Waals surface area (Å²) in [6, 6.07) is 0. The molecule has 0 radical (unpaired) electrons. The first-order valence-electron chi connectivity index (χ1n) is 4.71. The van der Waals surface area contributed by atoms with Crippen molar-refractivity contribution in [3.8, 4) is 0 Å². The highest BCUT2D eigenvalue weighted by atomic mass is 35.5. The lowest BCUT2D eigenvalue weighted by Gasteiger charge is -2.28. The van der Waals surface area contributed by atoms with Gasteiger partial charge in [-0.2, -0.15) is 0 Å². The molecule has 0 N–H and O–H groups in total.